The van der Waals surface area contributed by atoms with Crippen molar-refractivity contribution in [3.63, 3.8) is 0 Å². The second-order valence-electron chi connectivity index (χ2n) is 13.6. The number of unbranched alkanes of at least 4 members (excludes halogenated alkanes) is 9. The molecule has 0 unspecified atom stereocenters. The van der Waals surface area contributed by atoms with E-state index in [1.807, 2.05) is 6.08 Å². The minimum atomic E-state index is -4.69. The number of allylic oxidation sites excluding steroid dienone is 3. The molecule has 0 aliphatic rings. The third-order valence-corrected chi connectivity index (χ3v) is 8.65. The summed E-state index contributed by atoms with van der Waals surface area (Å²) in [7, 11) is 2.56. The molecule has 19 heteroatoms. The number of benzene rings is 2. The number of carboxylic acids is 1. The Morgan fingerprint density at radius 2 is 0.984 bits per heavy atom. The molecule has 2 aromatic carbocycles. The number of hydrogen-bond donors (Lipinski definition) is 4. The molecule has 10 nitrogen and oxygen atoms in total. The van der Waals surface area contributed by atoms with Gasteiger partial charge in [0.2, 0.25) is 0 Å². The van der Waals surface area contributed by atoms with Crippen LogP contribution in [0.4, 0.5) is 46.5 Å². The Hall–Kier alpha value is -4.37. The van der Waals surface area contributed by atoms with Crippen molar-refractivity contribution in [1.29, 1.82) is 0 Å². The summed E-state index contributed by atoms with van der Waals surface area (Å²) in [5, 5.41) is 14.2. The van der Waals surface area contributed by atoms with Crippen LogP contribution >= 0.6 is 0 Å². The molecule has 6 N–H and O–H groups in total. The molecule has 0 fully saturated rings. The van der Waals surface area contributed by atoms with Gasteiger partial charge in [-0.25, -0.2) is 18.4 Å². The number of halogens is 8. The standard InChI is InChI=1S/C17H21F4NO2.C16H19F4NO2.C10H19NO2.Li.H2O/c1-3-4-5-6-7-8-15(16(23)24-2)22-14-10-12(17(19,20)21)9-13(18)11-14;1-2-3-4-5-6-7-14(15(22)23)21-13-9-11(16(18,19)20)8-12(17)10-13;1-3-4-5-6-7-8-9(11)10(12)13-2;;/h3,9-11,15,22H,1,4-8H2,2H3;2,8-10,14,21H,1,3-7H2,(H,22,23);3,9H,1,4-8,11H2,2H3;;1H2/q;;;+1;/p-1/t15-;14-;9-;;/m000../s1. The third-order valence-electron chi connectivity index (χ3n) is 8.65. The number of anilines is 2. The number of aliphatic carboxylic acids is 1. The molecule has 3 atom stereocenters. The third kappa shape index (κ3) is 28.3. The van der Waals surface area contributed by atoms with Gasteiger partial charge >= 0.3 is 49.1 Å². The first kappa shape index (κ1) is 61.9. The fraction of sp³-hybridized carbons (Fsp3) is 0.512. The number of nitrogens with two attached hydrogens (primary N) is 1. The average molecular weight is 890 g/mol. The van der Waals surface area contributed by atoms with Crippen molar-refractivity contribution in [1.82, 2.24) is 0 Å². The molecule has 346 valence electrons. The normalized spacial score (nSPS) is 12.1. The summed E-state index contributed by atoms with van der Waals surface area (Å²) < 4.78 is 112. The molecule has 0 amide bonds. The summed E-state index contributed by atoms with van der Waals surface area (Å²) in [5.41, 5.74) is 2.97. The second kappa shape index (κ2) is 34.2. The Kier molecular flexibility index (Phi) is 34.1. The van der Waals surface area contributed by atoms with Gasteiger partial charge < -0.3 is 36.4 Å². The van der Waals surface area contributed by atoms with Gasteiger partial charge in [-0.05, 0) is 94.2 Å². The molecule has 62 heavy (non-hydrogen) atoms. The Balaban J connectivity index is -0.000000865. The van der Waals surface area contributed by atoms with E-state index in [-0.39, 0.29) is 48.1 Å². The molecule has 2 aromatic rings. The van der Waals surface area contributed by atoms with Crippen LogP contribution in [0.1, 0.15) is 107 Å². The number of nitrogens with one attached hydrogen (secondary N) is 2. The summed E-state index contributed by atoms with van der Waals surface area (Å²) >= 11 is 0. The zero-order valence-electron chi connectivity index (χ0n) is 35.7. The Bertz CT molecular complexity index is 1610. The van der Waals surface area contributed by atoms with Crippen LogP contribution < -0.4 is 35.2 Å². The van der Waals surface area contributed by atoms with Crippen LogP contribution in [0, 0.1) is 11.6 Å². The smallest absolute Gasteiger partial charge is 0.870 e. The van der Waals surface area contributed by atoms with Crippen LogP contribution in [-0.4, -0.2) is 60.8 Å². The number of carboxylic acid groups (broad SMARTS) is 1. The van der Waals surface area contributed by atoms with Gasteiger partial charge in [0.05, 0.1) is 25.3 Å². The van der Waals surface area contributed by atoms with E-state index < -0.39 is 65.2 Å². The van der Waals surface area contributed by atoms with Crippen molar-refractivity contribution in [3.8, 4) is 0 Å². The molecule has 0 bridgehead atoms. The number of hydrogen-bond acceptors (Lipinski definition) is 9. The van der Waals surface area contributed by atoms with E-state index in [1.54, 1.807) is 12.2 Å². The first-order chi connectivity index (χ1) is 28.2. The average Bonchev–Trinajstić information content (AvgIpc) is 3.18. The maximum atomic E-state index is 13.4. The maximum absolute atomic E-state index is 13.4. The zero-order chi connectivity index (χ0) is 45.7. The van der Waals surface area contributed by atoms with Crippen LogP contribution in [0.15, 0.2) is 74.4 Å². The van der Waals surface area contributed by atoms with E-state index in [1.165, 1.54) is 14.2 Å². The Morgan fingerprint density at radius 3 is 1.32 bits per heavy atom. The van der Waals surface area contributed by atoms with E-state index in [2.05, 4.69) is 39.8 Å². The first-order valence-electron chi connectivity index (χ1n) is 19.5. The predicted molar refractivity (Wildman–Crippen MR) is 219 cm³/mol. The fourth-order valence-electron chi connectivity index (χ4n) is 5.45. The number of ether oxygens (including phenoxy) is 2. The quantitative estimate of drug-likeness (QED) is 0.0251. The van der Waals surface area contributed by atoms with Gasteiger partial charge in [0, 0.05) is 11.4 Å². The van der Waals surface area contributed by atoms with Crippen molar-refractivity contribution in [2.24, 2.45) is 5.73 Å². The minimum absolute atomic E-state index is 0. The number of esters is 2. The van der Waals surface area contributed by atoms with E-state index in [0.29, 0.717) is 43.9 Å². The summed E-state index contributed by atoms with van der Waals surface area (Å²) in [4.78, 5) is 33.9. The van der Waals surface area contributed by atoms with Crippen molar-refractivity contribution in [2.75, 3.05) is 24.9 Å². The molecule has 0 radical (unpaired) electrons. The van der Waals surface area contributed by atoms with Gasteiger partial charge in [-0.2, -0.15) is 26.3 Å². The first-order valence-corrected chi connectivity index (χ1v) is 19.5. The monoisotopic (exact) mass is 889 g/mol. The second-order valence-corrected chi connectivity index (χ2v) is 13.6. The predicted octanol–water partition coefficient (Wildman–Crippen LogP) is 8.23. The van der Waals surface area contributed by atoms with Crippen molar-refractivity contribution in [2.45, 2.75) is 127 Å². The Labute approximate surface area is 371 Å². The molecule has 0 heterocycles. The van der Waals surface area contributed by atoms with Gasteiger partial charge in [0.1, 0.15) is 29.8 Å². The van der Waals surface area contributed by atoms with Gasteiger partial charge in [-0.3, -0.25) is 4.79 Å². The minimum Gasteiger partial charge on any atom is -0.870 e. The van der Waals surface area contributed by atoms with Crippen molar-refractivity contribution >= 4 is 29.3 Å². The van der Waals surface area contributed by atoms with E-state index in [0.717, 1.165) is 82.4 Å². The zero-order valence-corrected chi connectivity index (χ0v) is 35.7. The van der Waals surface area contributed by atoms with Crippen LogP contribution in [0.2, 0.25) is 0 Å². The molecule has 0 saturated carbocycles. The number of rotatable bonds is 25. The molecule has 0 spiro atoms. The molecular weight excluding hydrogens is 829 g/mol. The van der Waals surface area contributed by atoms with Crippen molar-refractivity contribution in [3.05, 3.63) is 97.1 Å². The molecule has 0 aliphatic carbocycles. The molecule has 2 rings (SSSR count). The van der Waals surface area contributed by atoms with E-state index in [9.17, 15) is 49.5 Å². The SMILES string of the molecule is C=CCCCCC[C@H](N)C(=O)OC.C=CCCCCC[C@H](Nc1cc(F)cc(C(F)(F)F)c1)C(=O)O.C=CCCCCC[C@H](Nc1cc(F)cc(C(F)(F)F)c1)C(=O)OC.[Li+].[OH-]. The van der Waals surface area contributed by atoms with E-state index in [4.69, 9.17) is 10.8 Å². The molecular formula is C43H60F8LiN3O7. The fourth-order valence-corrected chi connectivity index (χ4v) is 5.45. The number of alkyl halides is 6. The summed E-state index contributed by atoms with van der Waals surface area (Å²) in [5.74, 6) is -4.20. The molecule has 0 aromatic heterocycles. The van der Waals surface area contributed by atoms with E-state index >= 15 is 0 Å². The number of methoxy groups -OCH3 is 2. The van der Waals surface area contributed by atoms with Gasteiger partial charge in [-0.1, -0.05) is 56.8 Å². The Morgan fingerprint density at radius 1 is 0.629 bits per heavy atom. The van der Waals surface area contributed by atoms with Crippen LogP contribution in [0.25, 0.3) is 0 Å². The molecule has 0 aliphatic heterocycles. The van der Waals surface area contributed by atoms with Crippen molar-refractivity contribution < 1.29 is 88.4 Å². The summed E-state index contributed by atoms with van der Waals surface area (Å²) in [6.45, 7) is 10.8. The number of carbonyl (C=O) groups is 3. The van der Waals surface area contributed by atoms with Gasteiger partial charge in [0.15, 0.2) is 0 Å². The maximum Gasteiger partial charge on any atom is 1.00 e. The van der Waals surface area contributed by atoms with Crippen LogP contribution in [-0.2, 0) is 36.2 Å². The largest absolute Gasteiger partial charge is 1.00 e. The summed E-state index contributed by atoms with van der Waals surface area (Å²) in [6.07, 6.45) is 8.03. The van der Waals surface area contributed by atoms with Crippen LogP contribution in [0.3, 0.4) is 0 Å². The van der Waals surface area contributed by atoms with Gasteiger partial charge in [-0.15, -0.1) is 19.7 Å². The molecule has 0 saturated heterocycles. The van der Waals surface area contributed by atoms with Gasteiger partial charge in [0.25, 0.3) is 0 Å². The topological polar surface area (TPSA) is 170 Å². The number of carbonyl (C=O) groups excluding carboxylic acids is 2. The summed E-state index contributed by atoms with van der Waals surface area (Å²) in [6, 6.07) is 1.68. The van der Waals surface area contributed by atoms with Crippen LogP contribution in [0.5, 0.6) is 0 Å².